The summed E-state index contributed by atoms with van der Waals surface area (Å²) in [5.41, 5.74) is 2.54. The zero-order valence-corrected chi connectivity index (χ0v) is 7.99. The monoisotopic (exact) mass is 174 g/mol. The van der Waals surface area contributed by atoms with E-state index < -0.39 is 0 Å². The highest BCUT2D eigenvalue weighted by molar-refractivity contribution is 5.56. The molecular weight excluding hydrogens is 160 g/mol. The zero-order valence-electron chi connectivity index (χ0n) is 7.99. The standard InChI is InChI=1S/C11H14N2/c1-6-9-7(2)10(6)13-8-4-3-5-12-11(8)9/h3-7,9-10,13H,1-2H3. The number of hydrogen-bond acceptors (Lipinski definition) is 2. The van der Waals surface area contributed by atoms with Crippen molar-refractivity contribution in [1.29, 1.82) is 0 Å². The third-order valence-corrected chi connectivity index (χ3v) is 3.74. The first kappa shape index (κ1) is 7.36. The molecule has 2 atom stereocenters. The Labute approximate surface area is 78.4 Å². The molecule has 1 saturated carbocycles. The fourth-order valence-electron chi connectivity index (χ4n) is 3.00. The van der Waals surface area contributed by atoms with Crippen LogP contribution in [0.15, 0.2) is 18.3 Å². The van der Waals surface area contributed by atoms with Crippen LogP contribution in [0.1, 0.15) is 25.5 Å². The van der Waals surface area contributed by atoms with Crippen molar-refractivity contribution >= 4 is 5.69 Å². The maximum Gasteiger partial charge on any atom is 0.0672 e. The minimum absolute atomic E-state index is 0.682. The highest BCUT2D eigenvalue weighted by atomic mass is 15.0. The summed E-state index contributed by atoms with van der Waals surface area (Å²) in [7, 11) is 0. The molecule has 13 heavy (non-hydrogen) atoms. The molecule has 0 spiro atoms. The molecule has 2 nitrogen and oxygen atoms in total. The predicted molar refractivity (Wildman–Crippen MR) is 52.7 cm³/mol. The highest BCUT2D eigenvalue weighted by Gasteiger charge is 2.50. The average molecular weight is 174 g/mol. The van der Waals surface area contributed by atoms with Gasteiger partial charge in [-0.1, -0.05) is 13.8 Å². The molecule has 2 unspecified atom stereocenters. The minimum atomic E-state index is 0.682. The molecule has 1 N–H and O–H groups in total. The van der Waals surface area contributed by atoms with Crippen molar-refractivity contribution in [3.8, 4) is 0 Å². The Morgan fingerprint density at radius 2 is 2.08 bits per heavy atom. The Morgan fingerprint density at radius 3 is 2.85 bits per heavy atom. The van der Waals surface area contributed by atoms with Crippen LogP contribution in [0.25, 0.3) is 0 Å². The molecule has 2 bridgehead atoms. The lowest BCUT2D eigenvalue weighted by Crippen LogP contribution is -2.55. The molecular formula is C11H14N2. The molecule has 0 radical (unpaired) electrons. The second-order valence-electron chi connectivity index (χ2n) is 4.35. The average Bonchev–Trinajstić information content (AvgIpc) is 2.18. The van der Waals surface area contributed by atoms with Crippen LogP contribution in [0.4, 0.5) is 5.69 Å². The normalized spacial score (nSPS) is 40.2. The molecule has 3 heterocycles. The van der Waals surface area contributed by atoms with Crippen molar-refractivity contribution in [2.24, 2.45) is 11.8 Å². The third kappa shape index (κ3) is 0.761. The molecule has 1 aromatic rings. The van der Waals surface area contributed by atoms with Crippen molar-refractivity contribution in [3.63, 3.8) is 0 Å². The summed E-state index contributed by atoms with van der Waals surface area (Å²) >= 11 is 0. The van der Waals surface area contributed by atoms with Gasteiger partial charge in [-0.25, -0.2) is 0 Å². The van der Waals surface area contributed by atoms with E-state index in [4.69, 9.17) is 0 Å². The predicted octanol–water partition coefficient (Wildman–Crippen LogP) is 2.25. The van der Waals surface area contributed by atoms with Crippen molar-refractivity contribution in [2.75, 3.05) is 5.32 Å². The highest BCUT2D eigenvalue weighted by Crippen LogP contribution is 2.53. The number of hydrogen-bond donors (Lipinski definition) is 1. The second kappa shape index (κ2) is 2.25. The van der Waals surface area contributed by atoms with Crippen LogP contribution < -0.4 is 5.32 Å². The lowest BCUT2D eigenvalue weighted by Gasteiger charge is -2.54. The van der Waals surface area contributed by atoms with E-state index in [9.17, 15) is 0 Å². The third-order valence-electron chi connectivity index (χ3n) is 3.74. The van der Waals surface area contributed by atoms with Crippen LogP contribution in [0.5, 0.6) is 0 Å². The SMILES string of the molecule is CC1C2Nc3cccnc3C1C2C. The van der Waals surface area contributed by atoms with E-state index >= 15 is 0 Å². The fourth-order valence-corrected chi connectivity index (χ4v) is 3.00. The van der Waals surface area contributed by atoms with Gasteiger partial charge in [0, 0.05) is 18.2 Å². The molecule has 4 rings (SSSR count). The van der Waals surface area contributed by atoms with E-state index in [2.05, 4.69) is 30.2 Å². The Kier molecular flexibility index (Phi) is 1.27. The van der Waals surface area contributed by atoms with E-state index in [1.165, 1.54) is 11.4 Å². The van der Waals surface area contributed by atoms with Crippen molar-refractivity contribution in [3.05, 3.63) is 24.0 Å². The molecule has 0 aromatic carbocycles. The van der Waals surface area contributed by atoms with Crippen LogP contribution >= 0.6 is 0 Å². The van der Waals surface area contributed by atoms with Gasteiger partial charge in [0.2, 0.25) is 0 Å². The fraction of sp³-hybridized carbons (Fsp3) is 0.545. The second-order valence-corrected chi connectivity index (χ2v) is 4.35. The van der Waals surface area contributed by atoms with Crippen LogP contribution in [0.2, 0.25) is 0 Å². The Bertz CT molecular complexity index is 338. The van der Waals surface area contributed by atoms with Gasteiger partial charge < -0.3 is 5.32 Å². The molecule has 2 heteroatoms. The number of nitrogens with zero attached hydrogens (tertiary/aromatic N) is 1. The summed E-state index contributed by atoms with van der Waals surface area (Å²) in [6.07, 6.45) is 1.90. The van der Waals surface area contributed by atoms with E-state index in [1.807, 2.05) is 12.3 Å². The van der Waals surface area contributed by atoms with Gasteiger partial charge in [-0.3, -0.25) is 4.98 Å². The van der Waals surface area contributed by atoms with Gasteiger partial charge in [0.1, 0.15) is 0 Å². The summed E-state index contributed by atoms with van der Waals surface area (Å²) < 4.78 is 0. The van der Waals surface area contributed by atoms with Crippen molar-refractivity contribution in [1.82, 2.24) is 4.98 Å². The molecule has 2 aliphatic heterocycles. The summed E-state index contributed by atoms with van der Waals surface area (Å²) in [6.45, 7) is 4.64. The van der Waals surface area contributed by atoms with E-state index in [-0.39, 0.29) is 0 Å². The van der Waals surface area contributed by atoms with Crippen molar-refractivity contribution in [2.45, 2.75) is 25.8 Å². The number of nitrogens with one attached hydrogen (secondary N) is 1. The van der Waals surface area contributed by atoms with Gasteiger partial charge in [0.25, 0.3) is 0 Å². The quantitative estimate of drug-likeness (QED) is 0.652. The van der Waals surface area contributed by atoms with Crippen LogP contribution in [-0.2, 0) is 0 Å². The zero-order chi connectivity index (χ0) is 9.00. The van der Waals surface area contributed by atoms with Crippen LogP contribution in [0.3, 0.4) is 0 Å². The van der Waals surface area contributed by atoms with E-state index in [1.54, 1.807) is 0 Å². The molecule has 0 saturated heterocycles. The Hall–Kier alpha value is -1.05. The number of aromatic nitrogens is 1. The lowest BCUT2D eigenvalue weighted by molar-refractivity contribution is 0.131. The summed E-state index contributed by atoms with van der Waals surface area (Å²) in [4.78, 5) is 4.48. The first-order valence-electron chi connectivity index (χ1n) is 5.00. The summed E-state index contributed by atoms with van der Waals surface area (Å²) in [6, 6.07) is 4.83. The number of rotatable bonds is 0. The van der Waals surface area contributed by atoms with Gasteiger partial charge in [0.05, 0.1) is 11.4 Å². The molecule has 3 aliphatic rings. The topological polar surface area (TPSA) is 24.9 Å². The largest absolute Gasteiger partial charge is 0.380 e. The van der Waals surface area contributed by atoms with Gasteiger partial charge in [-0.15, -0.1) is 0 Å². The van der Waals surface area contributed by atoms with Gasteiger partial charge in [0.15, 0.2) is 0 Å². The molecule has 1 aliphatic carbocycles. The van der Waals surface area contributed by atoms with Gasteiger partial charge in [-0.2, -0.15) is 0 Å². The smallest absolute Gasteiger partial charge is 0.0672 e. The van der Waals surface area contributed by atoms with Gasteiger partial charge >= 0.3 is 0 Å². The maximum absolute atomic E-state index is 4.48. The first-order chi connectivity index (χ1) is 6.29. The van der Waals surface area contributed by atoms with Crippen LogP contribution in [-0.4, -0.2) is 11.0 Å². The lowest BCUT2D eigenvalue weighted by atomic mass is 9.58. The van der Waals surface area contributed by atoms with Crippen LogP contribution in [0, 0.1) is 11.8 Å². The first-order valence-corrected chi connectivity index (χ1v) is 5.00. The number of pyridine rings is 1. The summed E-state index contributed by atoms with van der Waals surface area (Å²) in [5, 5.41) is 3.56. The summed E-state index contributed by atoms with van der Waals surface area (Å²) in [5.74, 6) is 2.22. The van der Waals surface area contributed by atoms with E-state index in [0.29, 0.717) is 12.0 Å². The molecule has 68 valence electrons. The Balaban J connectivity index is 2.11. The van der Waals surface area contributed by atoms with E-state index in [0.717, 1.165) is 11.8 Å². The Morgan fingerprint density at radius 1 is 1.31 bits per heavy atom. The molecule has 0 amide bonds. The van der Waals surface area contributed by atoms with Gasteiger partial charge in [-0.05, 0) is 24.0 Å². The molecule has 1 fully saturated rings. The maximum atomic E-state index is 4.48. The number of anilines is 1. The molecule has 1 aromatic heterocycles. The minimum Gasteiger partial charge on any atom is -0.380 e. The van der Waals surface area contributed by atoms with Crippen molar-refractivity contribution < 1.29 is 0 Å².